The Labute approximate surface area is 99.3 Å². The van der Waals surface area contributed by atoms with Crippen LogP contribution in [0.25, 0.3) is 0 Å². The molecule has 16 heavy (non-hydrogen) atoms. The zero-order valence-corrected chi connectivity index (χ0v) is 9.41. The molecule has 1 heterocycles. The first kappa shape index (κ1) is 10.5. The highest BCUT2D eigenvalue weighted by atomic mass is 16.6. The van der Waals surface area contributed by atoms with Gasteiger partial charge in [-0.2, -0.15) is 0 Å². The molecule has 1 aliphatic rings. The van der Waals surface area contributed by atoms with Crippen LogP contribution < -0.4 is 0 Å². The van der Waals surface area contributed by atoms with E-state index in [1.807, 2.05) is 31.2 Å². The van der Waals surface area contributed by atoms with Crippen LogP contribution in [0.4, 0.5) is 0 Å². The molecule has 0 aromatic heterocycles. The van der Waals surface area contributed by atoms with Gasteiger partial charge in [-0.1, -0.05) is 24.3 Å². The topological polar surface area (TPSA) is 47.9 Å². The van der Waals surface area contributed by atoms with Crippen molar-refractivity contribution in [3.8, 4) is 0 Å². The summed E-state index contributed by atoms with van der Waals surface area (Å²) < 4.78 is 29.3. The molecular formula is C12H20O4. The second kappa shape index (κ2) is 7.57. The summed E-state index contributed by atoms with van der Waals surface area (Å²) in [5, 5.41) is 9.87. The van der Waals surface area contributed by atoms with Crippen molar-refractivity contribution in [3.05, 3.63) is 24.3 Å². The van der Waals surface area contributed by atoms with Crippen LogP contribution in [0.15, 0.2) is 24.3 Å². The van der Waals surface area contributed by atoms with E-state index in [1.54, 1.807) is 0 Å². The van der Waals surface area contributed by atoms with E-state index in [4.69, 9.17) is 17.0 Å². The van der Waals surface area contributed by atoms with Crippen molar-refractivity contribution in [3.63, 3.8) is 0 Å². The van der Waals surface area contributed by atoms with Crippen LogP contribution in [0.3, 0.4) is 0 Å². The number of allylic oxidation sites excluding steroid dienone is 3. The highest BCUT2D eigenvalue weighted by Crippen LogP contribution is 2.17. The Balaban J connectivity index is 2.24. The van der Waals surface area contributed by atoms with Gasteiger partial charge in [-0.05, 0) is 6.92 Å². The quantitative estimate of drug-likeness (QED) is 0.690. The van der Waals surface area contributed by atoms with Crippen molar-refractivity contribution in [2.45, 2.75) is 25.2 Å². The molecule has 0 aromatic carbocycles. The molecule has 1 fully saturated rings. The molecule has 1 N–H and O–H groups in total. The van der Waals surface area contributed by atoms with Gasteiger partial charge < -0.3 is 19.3 Å². The molecule has 0 amide bonds. The lowest BCUT2D eigenvalue weighted by atomic mass is 10.1. The molecule has 1 saturated heterocycles. The highest BCUT2D eigenvalue weighted by molar-refractivity contribution is 5.01. The fourth-order valence-corrected chi connectivity index (χ4v) is 1.47. The van der Waals surface area contributed by atoms with Crippen molar-refractivity contribution in [1.29, 1.82) is 0 Å². The largest absolute Gasteiger partial charge is 0.388 e. The van der Waals surface area contributed by atoms with E-state index in [2.05, 4.69) is 0 Å². The summed E-state index contributed by atoms with van der Waals surface area (Å²) in [4.78, 5) is 0. The Hall–Kier alpha value is -0.680. The number of hydrogen-bond acceptors (Lipinski definition) is 4. The Morgan fingerprint density at radius 3 is 3.31 bits per heavy atom. The second-order valence-corrected chi connectivity index (χ2v) is 3.52. The predicted octanol–water partition coefficient (Wildman–Crippen LogP) is 0.910. The van der Waals surface area contributed by atoms with Crippen LogP contribution in [0.5, 0.6) is 0 Å². The van der Waals surface area contributed by atoms with Gasteiger partial charge in [-0.3, -0.25) is 0 Å². The molecule has 4 nitrogen and oxygen atoms in total. The molecule has 0 aromatic rings. The minimum absolute atomic E-state index is 0.0348. The van der Waals surface area contributed by atoms with Gasteiger partial charge in [-0.25, -0.2) is 0 Å². The van der Waals surface area contributed by atoms with Crippen LogP contribution >= 0.6 is 0 Å². The normalized spacial score (nSPS) is 34.5. The van der Waals surface area contributed by atoms with E-state index in [0.29, 0.717) is 13.2 Å². The third-order valence-corrected chi connectivity index (χ3v) is 2.34. The van der Waals surface area contributed by atoms with Gasteiger partial charge in [0.1, 0.15) is 18.3 Å². The SMILES string of the molecule is [2H]C([3H])OC[C@H]1OCC(OC/C=C/C=C/C)[C@H]1O. The van der Waals surface area contributed by atoms with Gasteiger partial charge in [0.25, 0.3) is 0 Å². The van der Waals surface area contributed by atoms with E-state index < -0.39 is 19.3 Å². The number of rotatable bonds is 6. The summed E-state index contributed by atoms with van der Waals surface area (Å²) >= 11 is 0. The average Bonchev–Trinajstić information content (AvgIpc) is 2.68. The Morgan fingerprint density at radius 2 is 2.56 bits per heavy atom. The number of aliphatic hydroxyl groups excluding tert-OH is 1. The molecule has 0 radical (unpaired) electrons. The molecule has 0 aliphatic carbocycles. The highest BCUT2D eigenvalue weighted by Gasteiger charge is 2.36. The monoisotopic (exact) mass is 231 g/mol. The van der Waals surface area contributed by atoms with Crippen LogP contribution in [0.1, 0.15) is 9.67 Å². The lowest BCUT2D eigenvalue weighted by Crippen LogP contribution is -2.34. The van der Waals surface area contributed by atoms with Gasteiger partial charge in [0, 0.05) is 7.06 Å². The number of ether oxygens (including phenoxy) is 3. The number of aliphatic hydroxyl groups is 1. The molecule has 0 spiro atoms. The lowest BCUT2D eigenvalue weighted by Gasteiger charge is -2.16. The maximum absolute atomic E-state index is 9.87. The molecule has 1 aliphatic heterocycles. The third-order valence-electron chi connectivity index (χ3n) is 2.34. The molecule has 4 atom stereocenters. The van der Waals surface area contributed by atoms with E-state index in [9.17, 15) is 5.11 Å². The smallest absolute Gasteiger partial charge is 0.111 e. The van der Waals surface area contributed by atoms with E-state index in [1.165, 1.54) is 0 Å². The Morgan fingerprint density at radius 1 is 1.69 bits per heavy atom. The van der Waals surface area contributed by atoms with Gasteiger partial charge in [-0.15, -0.1) is 0 Å². The van der Waals surface area contributed by atoms with E-state index >= 15 is 0 Å². The summed E-state index contributed by atoms with van der Waals surface area (Å²) in [6.07, 6.45) is 5.84. The Bertz CT molecular complexity index is 281. The first-order valence-electron chi connectivity index (χ1n) is 6.45. The van der Waals surface area contributed by atoms with Crippen LogP contribution in [0.2, 0.25) is 0 Å². The minimum atomic E-state index is -1.36. The summed E-state index contributed by atoms with van der Waals surface area (Å²) in [5.74, 6) is 0. The molecule has 92 valence electrons. The van der Waals surface area contributed by atoms with Gasteiger partial charge in [0.2, 0.25) is 0 Å². The zero-order valence-electron chi connectivity index (χ0n) is 11.4. The van der Waals surface area contributed by atoms with Crippen molar-refractivity contribution >= 4 is 0 Å². The maximum Gasteiger partial charge on any atom is 0.111 e. The zero-order chi connectivity index (χ0) is 13.4. The standard InChI is InChI=1S/C12H20O4/c1-3-4-5-6-7-15-11-9-16-10(8-14-2)12(11)13/h3-6,10-13H,7-9H2,1-2H3/b4-3+,6-5+/t10-,11?,12+/m1/s1/i2TD/t2?,10-,11?,12+. The van der Waals surface area contributed by atoms with Crippen LogP contribution in [-0.4, -0.2) is 50.3 Å². The van der Waals surface area contributed by atoms with Crippen LogP contribution in [-0.2, 0) is 14.2 Å². The van der Waals surface area contributed by atoms with Crippen molar-refractivity contribution in [2.24, 2.45) is 0 Å². The molecule has 2 unspecified atom stereocenters. The summed E-state index contributed by atoms with van der Waals surface area (Å²) in [5.41, 5.74) is 0. The van der Waals surface area contributed by atoms with E-state index in [-0.39, 0.29) is 12.7 Å². The summed E-state index contributed by atoms with van der Waals surface area (Å²) in [6.45, 7) is 2.67. The number of methoxy groups -OCH3 is 1. The van der Waals surface area contributed by atoms with Crippen molar-refractivity contribution in [2.75, 3.05) is 26.9 Å². The minimum Gasteiger partial charge on any atom is -0.388 e. The fraction of sp³-hybridized carbons (Fsp3) is 0.667. The first-order chi connectivity index (χ1) is 8.65. The summed E-state index contributed by atoms with van der Waals surface area (Å²) in [6, 6.07) is 0. The first-order valence-corrected chi connectivity index (χ1v) is 5.30. The van der Waals surface area contributed by atoms with Gasteiger partial charge in [0.05, 0.1) is 22.6 Å². The lowest BCUT2D eigenvalue weighted by molar-refractivity contribution is -0.0286. The average molecular weight is 231 g/mol. The molecule has 4 heteroatoms. The predicted molar refractivity (Wildman–Crippen MR) is 61.3 cm³/mol. The third kappa shape index (κ3) is 4.06. The van der Waals surface area contributed by atoms with Crippen LogP contribution in [0, 0.1) is 0 Å². The maximum atomic E-state index is 9.87. The fourth-order valence-electron chi connectivity index (χ4n) is 1.47. The Kier molecular flexibility index (Phi) is 4.95. The van der Waals surface area contributed by atoms with Gasteiger partial charge in [0.15, 0.2) is 0 Å². The van der Waals surface area contributed by atoms with Crippen molar-refractivity contribution in [1.82, 2.24) is 0 Å². The molecule has 0 saturated carbocycles. The van der Waals surface area contributed by atoms with Gasteiger partial charge >= 0.3 is 0 Å². The molecular weight excluding hydrogens is 208 g/mol. The second-order valence-electron chi connectivity index (χ2n) is 3.52. The van der Waals surface area contributed by atoms with E-state index in [0.717, 1.165) is 0 Å². The molecule has 1 rings (SSSR count). The summed E-state index contributed by atoms with van der Waals surface area (Å²) in [7, 11) is -1.36. The van der Waals surface area contributed by atoms with Crippen molar-refractivity contribution < 1.29 is 22.1 Å². The molecule has 0 bridgehead atoms. The number of hydrogen-bond donors (Lipinski definition) is 1.